The number of nitrogens with zero attached hydrogens (tertiary/aromatic N) is 1. The first-order valence-electron chi connectivity index (χ1n) is 8.33. The highest BCUT2D eigenvalue weighted by atomic mass is 32.1. The lowest BCUT2D eigenvalue weighted by Crippen LogP contribution is -2.48. The second kappa shape index (κ2) is 7.27. The van der Waals surface area contributed by atoms with E-state index in [2.05, 4.69) is 5.32 Å². The fraction of sp³-hybridized carbons (Fsp3) is 0.647. The number of piperidine rings is 1. The average molecular weight is 320 g/mol. The number of thiophene rings is 1. The summed E-state index contributed by atoms with van der Waals surface area (Å²) in [6.07, 6.45) is 6.75. The van der Waals surface area contributed by atoms with E-state index < -0.39 is 0 Å². The van der Waals surface area contributed by atoms with Crippen molar-refractivity contribution in [1.29, 1.82) is 0 Å². The molecule has 2 fully saturated rings. The van der Waals surface area contributed by atoms with Gasteiger partial charge >= 0.3 is 0 Å². The van der Waals surface area contributed by atoms with Crippen LogP contribution in [0.15, 0.2) is 17.5 Å². The smallest absolute Gasteiger partial charge is 0.227 e. The van der Waals surface area contributed by atoms with Crippen molar-refractivity contribution < 1.29 is 9.59 Å². The average Bonchev–Trinajstić information content (AvgIpc) is 3.21. The minimum Gasteiger partial charge on any atom is -0.353 e. The molecule has 2 amide bonds. The standard InChI is InChI=1S/C17H24N2O2S/c20-16(12-15-6-3-11-22-15)19-9-7-14(8-10-19)18-17(21)13-4-1-2-5-13/h3,6,11,13-14H,1-2,4-5,7-10,12H2,(H,18,21). The number of carbonyl (C=O) groups is 2. The number of carbonyl (C=O) groups excluding carboxylic acids is 2. The van der Waals surface area contributed by atoms with E-state index in [0.717, 1.165) is 43.6 Å². The van der Waals surface area contributed by atoms with Crippen LogP contribution in [0, 0.1) is 5.92 Å². The number of likely N-dealkylation sites (tertiary alicyclic amines) is 1. The molecule has 0 spiro atoms. The first-order valence-corrected chi connectivity index (χ1v) is 9.21. The molecule has 0 aromatic carbocycles. The largest absolute Gasteiger partial charge is 0.353 e. The maximum Gasteiger partial charge on any atom is 0.227 e. The molecule has 1 aromatic heterocycles. The Balaban J connectivity index is 1.42. The lowest BCUT2D eigenvalue weighted by atomic mass is 10.0. The van der Waals surface area contributed by atoms with Gasteiger partial charge in [-0.3, -0.25) is 9.59 Å². The molecule has 0 atom stereocenters. The molecule has 1 saturated carbocycles. The molecule has 1 aliphatic carbocycles. The van der Waals surface area contributed by atoms with Crippen molar-refractivity contribution in [2.45, 2.75) is 51.0 Å². The topological polar surface area (TPSA) is 49.4 Å². The highest BCUT2D eigenvalue weighted by Gasteiger charge is 2.27. The Morgan fingerprint density at radius 2 is 1.91 bits per heavy atom. The Kier molecular flexibility index (Phi) is 5.13. The molecule has 1 N–H and O–H groups in total. The van der Waals surface area contributed by atoms with E-state index in [-0.39, 0.29) is 23.8 Å². The maximum atomic E-state index is 12.2. The van der Waals surface area contributed by atoms with Gasteiger partial charge in [-0.25, -0.2) is 0 Å². The van der Waals surface area contributed by atoms with E-state index in [1.807, 2.05) is 22.4 Å². The summed E-state index contributed by atoms with van der Waals surface area (Å²) in [6.45, 7) is 1.53. The fourth-order valence-corrected chi connectivity index (χ4v) is 4.15. The van der Waals surface area contributed by atoms with Gasteiger partial charge in [0, 0.05) is 29.9 Å². The van der Waals surface area contributed by atoms with Crippen LogP contribution in [0.2, 0.25) is 0 Å². The zero-order valence-electron chi connectivity index (χ0n) is 12.9. The van der Waals surface area contributed by atoms with Gasteiger partial charge in [0.15, 0.2) is 0 Å². The van der Waals surface area contributed by atoms with Crippen molar-refractivity contribution in [1.82, 2.24) is 10.2 Å². The highest BCUT2D eigenvalue weighted by Crippen LogP contribution is 2.25. The van der Waals surface area contributed by atoms with Gasteiger partial charge < -0.3 is 10.2 Å². The third-order valence-corrected chi connectivity index (χ3v) is 5.70. The molecule has 0 radical (unpaired) electrons. The van der Waals surface area contributed by atoms with Crippen molar-refractivity contribution >= 4 is 23.2 Å². The Morgan fingerprint density at radius 1 is 1.18 bits per heavy atom. The van der Waals surface area contributed by atoms with E-state index in [9.17, 15) is 9.59 Å². The van der Waals surface area contributed by atoms with Crippen LogP contribution in [0.4, 0.5) is 0 Å². The number of hydrogen-bond donors (Lipinski definition) is 1. The van der Waals surface area contributed by atoms with Gasteiger partial charge in [-0.1, -0.05) is 18.9 Å². The Bertz CT molecular complexity index is 501. The highest BCUT2D eigenvalue weighted by molar-refractivity contribution is 7.10. The molecular formula is C17H24N2O2S. The first-order chi connectivity index (χ1) is 10.7. The number of amides is 2. The van der Waals surface area contributed by atoms with Crippen LogP contribution in [0.1, 0.15) is 43.4 Å². The molecule has 1 saturated heterocycles. The predicted molar refractivity (Wildman–Crippen MR) is 87.7 cm³/mol. The van der Waals surface area contributed by atoms with Crippen LogP contribution in [-0.4, -0.2) is 35.8 Å². The molecule has 0 unspecified atom stereocenters. The van der Waals surface area contributed by atoms with Gasteiger partial charge in [0.2, 0.25) is 11.8 Å². The van der Waals surface area contributed by atoms with Gasteiger partial charge in [0.25, 0.3) is 0 Å². The summed E-state index contributed by atoms with van der Waals surface area (Å²) in [6, 6.07) is 4.24. The Labute approximate surface area is 135 Å². The van der Waals surface area contributed by atoms with Crippen LogP contribution in [0.3, 0.4) is 0 Å². The zero-order valence-corrected chi connectivity index (χ0v) is 13.7. The minimum absolute atomic E-state index is 0.211. The van der Waals surface area contributed by atoms with Gasteiger partial charge in [-0.2, -0.15) is 0 Å². The van der Waals surface area contributed by atoms with Crippen molar-refractivity contribution in [3.05, 3.63) is 22.4 Å². The van der Waals surface area contributed by atoms with Crippen molar-refractivity contribution in [2.24, 2.45) is 5.92 Å². The summed E-state index contributed by atoms with van der Waals surface area (Å²) in [5.41, 5.74) is 0. The molecular weight excluding hydrogens is 296 g/mol. The number of rotatable bonds is 4. The van der Waals surface area contributed by atoms with Crippen LogP contribution in [0.25, 0.3) is 0 Å². The van der Waals surface area contributed by atoms with Crippen LogP contribution in [-0.2, 0) is 16.0 Å². The number of nitrogens with one attached hydrogen (secondary N) is 1. The Hall–Kier alpha value is -1.36. The van der Waals surface area contributed by atoms with E-state index in [1.54, 1.807) is 11.3 Å². The molecule has 2 aliphatic rings. The summed E-state index contributed by atoms with van der Waals surface area (Å²) in [5, 5.41) is 5.20. The van der Waals surface area contributed by atoms with E-state index in [4.69, 9.17) is 0 Å². The van der Waals surface area contributed by atoms with Crippen LogP contribution < -0.4 is 5.32 Å². The third kappa shape index (κ3) is 3.88. The molecule has 1 aromatic rings. The molecule has 0 bridgehead atoms. The minimum atomic E-state index is 0.211. The summed E-state index contributed by atoms with van der Waals surface area (Å²) in [4.78, 5) is 27.5. The molecule has 3 rings (SSSR count). The maximum absolute atomic E-state index is 12.2. The quantitative estimate of drug-likeness (QED) is 0.927. The monoisotopic (exact) mass is 320 g/mol. The number of hydrogen-bond acceptors (Lipinski definition) is 3. The van der Waals surface area contributed by atoms with Crippen molar-refractivity contribution in [3.8, 4) is 0 Å². The molecule has 1 aliphatic heterocycles. The molecule has 4 nitrogen and oxygen atoms in total. The summed E-state index contributed by atoms with van der Waals surface area (Å²) < 4.78 is 0. The molecule has 2 heterocycles. The predicted octanol–water partition coefficient (Wildman–Crippen LogP) is 2.59. The Morgan fingerprint density at radius 3 is 2.55 bits per heavy atom. The van der Waals surface area contributed by atoms with Crippen LogP contribution in [0.5, 0.6) is 0 Å². The van der Waals surface area contributed by atoms with E-state index in [0.29, 0.717) is 6.42 Å². The molecule has 22 heavy (non-hydrogen) atoms. The lowest BCUT2D eigenvalue weighted by Gasteiger charge is -2.33. The second-order valence-corrected chi connectivity index (χ2v) is 7.43. The first kappa shape index (κ1) is 15.5. The summed E-state index contributed by atoms with van der Waals surface area (Å²) in [7, 11) is 0. The molecule has 120 valence electrons. The molecule has 5 heteroatoms. The van der Waals surface area contributed by atoms with Gasteiger partial charge in [-0.15, -0.1) is 11.3 Å². The van der Waals surface area contributed by atoms with Crippen LogP contribution >= 0.6 is 11.3 Å². The van der Waals surface area contributed by atoms with Gasteiger partial charge in [0.1, 0.15) is 0 Å². The van der Waals surface area contributed by atoms with Crippen molar-refractivity contribution in [3.63, 3.8) is 0 Å². The zero-order chi connectivity index (χ0) is 15.4. The second-order valence-electron chi connectivity index (χ2n) is 6.40. The summed E-state index contributed by atoms with van der Waals surface area (Å²) >= 11 is 1.63. The van der Waals surface area contributed by atoms with Gasteiger partial charge in [0.05, 0.1) is 6.42 Å². The summed E-state index contributed by atoms with van der Waals surface area (Å²) in [5.74, 6) is 0.683. The third-order valence-electron chi connectivity index (χ3n) is 4.83. The normalized spacial score (nSPS) is 20.3. The lowest BCUT2D eigenvalue weighted by molar-refractivity contribution is -0.131. The van der Waals surface area contributed by atoms with E-state index in [1.165, 1.54) is 12.8 Å². The van der Waals surface area contributed by atoms with Gasteiger partial charge in [-0.05, 0) is 37.1 Å². The SMILES string of the molecule is O=C(NC1CCN(C(=O)Cc2cccs2)CC1)C1CCCC1. The van der Waals surface area contributed by atoms with Crippen molar-refractivity contribution in [2.75, 3.05) is 13.1 Å². The van der Waals surface area contributed by atoms with E-state index >= 15 is 0 Å². The fourth-order valence-electron chi connectivity index (χ4n) is 3.45.